The first-order valence-electron chi connectivity index (χ1n) is 10.7. The molecule has 5 N–H and O–H groups in total. The molecule has 182 valence electrons. The minimum Gasteiger partial charge on any atom is -0.508 e. The van der Waals surface area contributed by atoms with E-state index in [-0.39, 0.29) is 40.9 Å². The van der Waals surface area contributed by atoms with E-state index in [4.69, 9.17) is 18.9 Å². The maximum absolute atomic E-state index is 12.7. The normalized spacial score (nSPS) is 22.8. The number of ketones is 1. The van der Waals surface area contributed by atoms with Crippen LogP contribution in [0.5, 0.6) is 40.2 Å². The molecule has 35 heavy (non-hydrogen) atoms. The number of aromatic hydroxyl groups is 3. The number of methoxy groups -OCH3 is 1. The Labute approximate surface area is 199 Å². The van der Waals surface area contributed by atoms with Gasteiger partial charge in [0.25, 0.3) is 0 Å². The zero-order chi connectivity index (χ0) is 24.9. The highest BCUT2D eigenvalue weighted by molar-refractivity contribution is 6.05. The van der Waals surface area contributed by atoms with E-state index in [0.717, 1.165) is 6.07 Å². The third-order valence-corrected chi connectivity index (χ3v) is 6.00. The first-order chi connectivity index (χ1) is 16.8. The number of ether oxygens (including phenoxy) is 4. The van der Waals surface area contributed by atoms with Crippen molar-refractivity contribution in [2.75, 3.05) is 13.7 Å². The highest BCUT2D eigenvalue weighted by Crippen LogP contribution is 2.45. The summed E-state index contributed by atoms with van der Waals surface area (Å²) in [5, 5.41) is 50.2. The van der Waals surface area contributed by atoms with Crippen molar-refractivity contribution in [2.45, 2.75) is 24.4 Å². The number of aliphatic hydroxyl groups is 2. The molecule has 0 amide bonds. The van der Waals surface area contributed by atoms with Crippen LogP contribution in [0.4, 0.5) is 0 Å². The van der Waals surface area contributed by atoms with Gasteiger partial charge in [-0.2, -0.15) is 0 Å². The smallest absolute Gasteiger partial charge is 0.202 e. The maximum Gasteiger partial charge on any atom is 0.202 e. The van der Waals surface area contributed by atoms with Crippen molar-refractivity contribution in [2.24, 2.45) is 0 Å². The molecule has 0 aromatic heterocycles. The largest absolute Gasteiger partial charge is 0.508 e. The zero-order valence-corrected chi connectivity index (χ0v) is 18.4. The van der Waals surface area contributed by atoms with Crippen LogP contribution in [0.15, 0.2) is 48.5 Å². The number of Topliss-reactive ketones (excluding diaryl/α,β-unsaturated/α-hetero) is 1. The standard InChI is InChI=1S/C25H22O10/c1-32-17-6-11(2-4-14(17)28)24-20(10-26)33-18-7-12(3-5-16(18)34-24)25-23(31)22(30)21-15(29)8-13(27)9-19(21)35-25/h2-9,20,23-29,31H,10H2,1H3/t20?,23-,24?,25+/m0/s1. The van der Waals surface area contributed by atoms with Gasteiger partial charge in [-0.1, -0.05) is 12.1 Å². The van der Waals surface area contributed by atoms with Crippen LogP contribution in [0.1, 0.15) is 33.7 Å². The number of benzene rings is 3. The third kappa shape index (κ3) is 3.82. The Morgan fingerprint density at radius 1 is 0.829 bits per heavy atom. The van der Waals surface area contributed by atoms with E-state index in [1.165, 1.54) is 25.3 Å². The average Bonchev–Trinajstić information content (AvgIpc) is 2.85. The number of carbonyl (C=O) groups excluding carboxylic acids is 1. The number of aliphatic hydroxyl groups excluding tert-OH is 2. The van der Waals surface area contributed by atoms with Gasteiger partial charge in [-0.25, -0.2) is 0 Å². The lowest BCUT2D eigenvalue weighted by molar-refractivity contribution is -0.0130. The molecule has 2 heterocycles. The highest BCUT2D eigenvalue weighted by Gasteiger charge is 2.40. The Morgan fingerprint density at radius 3 is 2.29 bits per heavy atom. The molecule has 0 bridgehead atoms. The van der Waals surface area contributed by atoms with Gasteiger partial charge in [0.05, 0.1) is 13.7 Å². The van der Waals surface area contributed by atoms with E-state index in [2.05, 4.69) is 0 Å². The van der Waals surface area contributed by atoms with Gasteiger partial charge in [-0.15, -0.1) is 0 Å². The number of phenolic OH excluding ortho intramolecular Hbond substituents is 3. The van der Waals surface area contributed by atoms with Gasteiger partial charge >= 0.3 is 0 Å². The molecule has 10 nitrogen and oxygen atoms in total. The quantitative estimate of drug-likeness (QED) is 0.374. The molecule has 0 saturated carbocycles. The van der Waals surface area contributed by atoms with E-state index in [1.807, 2.05) is 0 Å². The molecular weight excluding hydrogens is 460 g/mol. The fourth-order valence-corrected chi connectivity index (χ4v) is 4.28. The maximum atomic E-state index is 12.7. The van der Waals surface area contributed by atoms with Gasteiger partial charge in [0, 0.05) is 17.7 Å². The van der Waals surface area contributed by atoms with Crippen LogP contribution >= 0.6 is 0 Å². The highest BCUT2D eigenvalue weighted by atomic mass is 16.6. The van der Waals surface area contributed by atoms with Crippen molar-refractivity contribution in [3.05, 3.63) is 65.2 Å². The van der Waals surface area contributed by atoms with Crippen molar-refractivity contribution in [3.8, 4) is 40.2 Å². The molecule has 3 aromatic carbocycles. The summed E-state index contributed by atoms with van der Waals surface area (Å²) < 4.78 is 23.0. The Bertz CT molecular complexity index is 1300. The molecule has 0 saturated heterocycles. The Morgan fingerprint density at radius 2 is 1.54 bits per heavy atom. The SMILES string of the molecule is COc1cc(C2Oc3ccc([C@H]4Oc5cc(O)cc(O)c5C(=O)[C@@H]4O)cc3OC2CO)ccc1O. The number of hydrogen-bond donors (Lipinski definition) is 5. The second kappa shape index (κ2) is 8.57. The first kappa shape index (κ1) is 22.6. The molecule has 0 fully saturated rings. The number of hydrogen-bond acceptors (Lipinski definition) is 10. The Balaban J connectivity index is 1.46. The van der Waals surface area contributed by atoms with E-state index in [9.17, 15) is 30.3 Å². The summed E-state index contributed by atoms with van der Waals surface area (Å²) in [5.41, 5.74) is 0.779. The van der Waals surface area contributed by atoms with E-state index in [1.54, 1.807) is 24.3 Å². The van der Waals surface area contributed by atoms with Crippen LogP contribution in [0.25, 0.3) is 0 Å². The van der Waals surface area contributed by atoms with Gasteiger partial charge in [0.2, 0.25) is 5.78 Å². The lowest BCUT2D eigenvalue weighted by atomic mass is 9.92. The lowest BCUT2D eigenvalue weighted by Crippen LogP contribution is -2.37. The van der Waals surface area contributed by atoms with Gasteiger partial charge < -0.3 is 44.5 Å². The van der Waals surface area contributed by atoms with Crippen LogP contribution in [0.3, 0.4) is 0 Å². The fraction of sp³-hybridized carbons (Fsp3) is 0.240. The first-order valence-corrected chi connectivity index (χ1v) is 10.7. The van der Waals surface area contributed by atoms with Crippen LogP contribution < -0.4 is 18.9 Å². The molecular formula is C25H22O10. The van der Waals surface area contributed by atoms with Crippen LogP contribution in [0, 0.1) is 0 Å². The van der Waals surface area contributed by atoms with Crippen molar-refractivity contribution in [1.29, 1.82) is 0 Å². The number of fused-ring (bicyclic) bond motifs is 2. The molecule has 2 aliphatic heterocycles. The van der Waals surface area contributed by atoms with Crippen molar-refractivity contribution in [3.63, 3.8) is 0 Å². The fourth-order valence-electron chi connectivity index (χ4n) is 4.28. The molecule has 0 spiro atoms. The Kier molecular flexibility index (Phi) is 5.54. The Hall–Kier alpha value is -4.15. The van der Waals surface area contributed by atoms with Crippen LogP contribution in [-0.4, -0.2) is 57.2 Å². The molecule has 10 heteroatoms. The topological polar surface area (TPSA) is 155 Å². The molecule has 4 atom stereocenters. The summed E-state index contributed by atoms with van der Waals surface area (Å²) >= 11 is 0. The van der Waals surface area contributed by atoms with Crippen molar-refractivity contribution < 1.29 is 49.3 Å². The molecule has 2 aliphatic rings. The molecule has 0 radical (unpaired) electrons. The van der Waals surface area contributed by atoms with Gasteiger partial charge in [0.1, 0.15) is 22.8 Å². The zero-order valence-electron chi connectivity index (χ0n) is 18.4. The minimum absolute atomic E-state index is 0.0395. The number of rotatable bonds is 4. The van der Waals surface area contributed by atoms with E-state index < -0.39 is 35.9 Å². The minimum atomic E-state index is -1.62. The number of carbonyl (C=O) groups is 1. The van der Waals surface area contributed by atoms with E-state index in [0.29, 0.717) is 16.9 Å². The summed E-state index contributed by atoms with van der Waals surface area (Å²) in [4.78, 5) is 12.7. The average molecular weight is 482 g/mol. The predicted octanol–water partition coefficient (Wildman–Crippen LogP) is 2.36. The van der Waals surface area contributed by atoms with Gasteiger partial charge in [-0.05, 0) is 29.8 Å². The predicted molar refractivity (Wildman–Crippen MR) is 119 cm³/mol. The summed E-state index contributed by atoms with van der Waals surface area (Å²) in [6, 6.07) is 11.6. The van der Waals surface area contributed by atoms with Crippen molar-refractivity contribution >= 4 is 5.78 Å². The number of phenols is 3. The van der Waals surface area contributed by atoms with Gasteiger partial charge in [-0.3, -0.25) is 4.79 Å². The molecule has 2 unspecified atom stereocenters. The van der Waals surface area contributed by atoms with Gasteiger partial charge in [0.15, 0.2) is 47.4 Å². The summed E-state index contributed by atoms with van der Waals surface area (Å²) in [7, 11) is 1.42. The van der Waals surface area contributed by atoms with E-state index >= 15 is 0 Å². The van der Waals surface area contributed by atoms with Crippen LogP contribution in [-0.2, 0) is 0 Å². The molecule has 0 aliphatic carbocycles. The lowest BCUT2D eigenvalue weighted by Gasteiger charge is -2.35. The second-order valence-corrected chi connectivity index (χ2v) is 8.20. The summed E-state index contributed by atoms with van der Waals surface area (Å²) in [6.45, 7) is -0.384. The monoisotopic (exact) mass is 482 g/mol. The summed E-state index contributed by atoms with van der Waals surface area (Å²) in [5.74, 6) is -0.789. The van der Waals surface area contributed by atoms with Crippen LogP contribution in [0.2, 0.25) is 0 Å². The molecule has 5 rings (SSSR count). The third-order valence-electron chi connectivity index (χ3n) is 6.00. The second-order valence-electron chi connectivity index (χ2n) is 8.20. The van der Waals surface area contributed by atoms with Crippen molar-refractivity contribution in [1.82, 2.24) is 0 Å². The summed E-state index contributed by atoms with van der Waals surface area (Å²) in [6.07, 6.45) is -4.27. The molecule has 3 aromatic rings.